The molecule has 1 saturated heterocycles. The number of cyclic esters (lactones) is 1. The van der Waals surface area contributed by atoms with Crippen molar-refractivity contribution < 1.29 is 9.53 Å². The van der Waals surface area contributed by atoms with Gasteiger partial charge in [0, 0.05) is 12.0 Å². The number of carbonyl (C=O) groups excluding carboxylic acids is 1. The van der Waals surface area contributed by atoms with Crippen molar-refractivity contribution in [1.29, 1.82) is 0 Å². The van der Waals surface area contributed by atoms with Crippen LogP contribution in [-0.2, 0) is 9.53 Å². The van der Waals surface area contributed by atoms with Crippen LogP contribution in [0.15, 0.2) is 11.6 Å². The summed E-state index contributed by atoms with van der Waals surface area (Å²) in [6.45, 7) is 11.0. The fourth-order valence-corrected chi connectivity index (χ4v) is 2.00. The third-order valence-electron chi connectivity index (χ3n) is 3.23. The Hall–Kier alpha value is -0.790. The van der Waals surface area contributed by atoms with Gasteiger partial charge in [-0.15, -0.1) is 0 Å². The van der Waals surface area contributed by atoms with E-state index in [0.717, 1.165) is 18.4 Å². The molecule has 0 aliphatic carbocycles. The van der Waals surface area contributed by atoms with Crippen molar-refractivity contribution in [3.05, 3.63) is 11.6 Å². The average Bonchev–Trinajstić information content (AvgIpc) is 2.50. The molecule has 1 unspecified atom stereocenters. The van der Waals surface area contributed by atoms with Crippen LogP contribution in [0.3, 0.4) is 0 Å². The van der Waals surface area contributed by atoms with Crippen molar-refractivity contribution in [3.8, 4) is 0 Å². The molecule has 1 aliphatic rings. The third-order valence-corrected chi connectivity index (χ3v) is 3.23. The minimum absolute atomic E-state index is 0.0682. The average molecular weight is 238 g/mol. The van der Waals surface area contributed by atoms with Crippen LogP contribution in [-0.4, -0.2) is 12.1 Å². The molecule has 0 aromatic heterocycles. The van der Waals surface area contributed by atoms with Crippen LogP contribution in [0, 0.1) is 11.3 Å². The van der Waals surface area contributed by atoms with Gasteiger partial charge in [0.1, 0.15) is 6.10 Å². The van der Waals surface area contributed by atoms with Crippen LogP contribution >= 0.6 is 0 Å². The number of hydrogen-bond acceptors (Lipinski definition) is 2. The highest BCUT2D eigenvalue weighted by molar-refractivity contribution is 5.90. The van der Waals surface area contributed by atoms with Gasteiger partial charge in [-0.3, -0.25) is 0 Å². The molecular weight excluding hydrogens is 212 g/mol. The van der Waals surface area contributed by atoms with E-state index in [4.69, 9.17) is 4.74 Å². The lowest BCUT2D eigenvalue weighted by atomic mass is 9.86. The monoisotopic (exact) mass is 238 g/mol. The molecule has 2 heteroatoms. The summed E-state index contributed by atoms with van der Waals surface area (Å²) in [4.78, 5) is 11.4. The molecule has 0 N–H and O–H groups in total. The van der Waals surface area contributed by atoms with Crippen LogP contribution < -0.4 is 0 Å². The molecule has 0 radical (unpaired) electrons. The van der Waals surface area contributed by atoms with E-state index in [0.29, 0.717) is 11.3 Å². The molecular formula is C15H26O2. The topological polar surface area (TPSA) is 26.3 Å². The predicted molar refractivity (Wildman–Crippen MR) is 70.7 cm³/mol. The van der Waals surface area contributed by atoms with Crippen molar-refractivity contribution in [2.24, 2.45) is 11.3 Å². The first-order valence-corrected chi connectivity index (χ1v) is 6.68. The first-order valence-electron chi connectivity index (χ1n) is 6.68. The summed E-state index contributed by atoms with van der Waals surface area (Å²) in [5.41, 5.74) is 1.28. The van der Waals surface area contributed by atoms with Crippen LogP contribution in [0.5, 0.6) is 0 Å². The minimum Gasteiger partial charge on any atom is -0.459 e. The van der Waals surface area contributed by atoms with Gasteiger partial charge in [0.05, 0.1) is 0 Å². The van der Waals surface area contributed by atoms with Crippen molar-refractivity contribution in [3.63, 3.8) is 0 Å². The van der Waals surface area contributed by atoms with Crippen LogP contribution in [0.25, 0.3) is 0 Å². The smallest absolute Gasteiger partial charge is 0.334 e. The molecule has 0 bridgehead atoms. The van der Waals surface area contributed by atoms with Crippen molar-refractivity contribution in [2.75, 3.05) is 0 Å². The highest BCUT2D eigenvalue weighted by atomic mass is 16.5. The fraction of sp³-hybridized carbons (Fsp3) is 0.800. The van der Waals surface area contributed by atoms with E-state index in [1.807, 2.05) is 6.92 Å². The molecule has 0 saturated carbocycles. The summed E-state index contributed by atoms with van der Waals surface area (Å²) in [6, 6.07) is 0. The zero-order valence-corrected chi connectivity index (χ0v) is 11.9. The number of hydrogen-bond donors (Lipinski definition) is 0. The summed E-state index contributed by atoms with van der Waals surface area (Å²) in [5.74, 6) is 0.533. The molecule has 1 fully saturated rings. The molecule has 1 heterocycles. The van der Waals surface area contributed by atoms with Gasteiger partial charge in [-0.05, 0) is 37.5 Å². The normalized spacial score (nSPS) is 25.1. The maximum absolute atomic E-state index is 11.4. The second-order valence-corrected chi connectivity index (χ2v) is 6.59. The van der Waals surface area contributed by atoms with E-state index in [-0.39, 0.29) is 12.1 Å². The zero-order valence-electron chi connectivity index (χ0n) is 11.9. The van der Waals surface area contributed by atoms with Gasteiger partial charge >= 0.3 is 5.97 Å². The number of ether oxygens (including phenoxy) is 1. The minimum atomic E-state index is -0.111. The van der Waals surface area contributed by atoms with E-state index in [1.165, 1.54) is 12.8 Å². The van der Waals surface area contributed by atoms with Crippen LogP contribution in [0.1, 0.15) is 60.3 Å². The number of esters is 1. The fourth-order valence-electron chi connectivity index (χ4n) is 2.00. The maximum Gasteiger partial charge on any atom is 0.334 e. The second-order valence-electron chi connectivity index (χ2n) is 6.59. The summed E-state index contributed by atoms with van der Waals surface area (Å²) in [6.07, 6.45) is 6.38. The first-order chi connectivity index (χ1) is 7.78. The summed E-state index contributed by atoms with van der Waals surface area (Å²) in [7, 11) is 0. The molecule has 98 valence electrons. The number of allylic oxidation sites excluding steroid dienone is 1. The Morgan fingerprint density at radius 2 is 2.12 bits per heavy atom. The van der Waals surface area contributed by atoms with Gasteiger partial charge in [0.25, 0.3) is 0 Å². The van der Waals surface area contributed by atoms with Gasteiger partial charge in [-0.2, -0.15) is 0 Å². The Balaban J connectivity index is 2.35. The SMILES string of the molecule is CC(C/C=C1/C[C@@H](C)OC1=O)CCC(C)(C)C. The summed E-state index contributed by atoms with van der Waals surface area (Å²) in [5, 5.41) is 0. The lowest BCUT2D eigenvalue weighted by Crippen LogP contribution is -2.07. The molecule has 17 heavy (non-hydrogen) atoms. The Labute approximate surface area is 105 Å². The molecule has 2 atom stereocenters. The van der Waals surface area contributed by atoms with Gasteiger partial charge < -0.3 is 4.74 Å². The van der Waals surface area contributed by atoms with Crippen molar-refractivity contribution >= 4 is 5.97 Å². The van der Waals surface area contributed by atoms with E-state index < -0.39 is 0 Å². The third kappa shape index (κ3) is 5.38. The van der Waals surface area contributed by atoms with Crippen LogP contribution in [0.2, 0.25) is 0 Å². The molecule has 0 amide bonds. The van der Waals surface area contributed by atoms with Gasteiger partial charge in [0.15, 0.2) is 0 Å². The largest absolute Gasteiger partial charge is 0.459 e. The Kier molecular flexibility index (Phi) is 4.79. The highest BCUT2D eigenvalue weighted by Gasteiger charge is 2.25. The molecule has 0 aromatic rings. The quantitative estimate of drug-likeness (QED) is 0.544. The number of carbonyl (C=O) groups is 1. The maximum atomic E-state index is 11.4. The Morgan fingerprint density at radius 3 is 2.59 bits per heavy atom. The van der Waals surface area contributed by atoms with Gasteiger partial charge in [0.2, 0.25) is 0 Å². The predicted octanol–water partition coefficient (Wildman–Crippen LogP) is 4.10. The standard InChI is InChI=1S/C15H26O2/c1-11(8-9-15(3,4)5)6-7-13-10-12(2)17-14(13)16/h7,11-12H,6,8-10H2,1-5H3/b13-7-/t11?,12-/m1/s1. The lowest BCUT2D eigenvalue weighted by molar-refractivity contribution is -0.138. The Bertz CT molecular complexity index is 297. The van der Waals surface area contributed by atoms with Crippen molar-refractivity contribution in [2.45, 2.75) is 66.4 Å². The van der Waals surface area contributed by atoms with E-state index >= 15 is 0 Å². The molecule has 0 spiro atoms. The van der Waals surface area contributed by atoms with E-state index in [1.54, 1.807) is 0 Å². The van der Waals surface area contributed by atoms with Gasteiger partial charge in [-0.1, -0.05) is 33.8 Å². The molecule has 2 nitrogen and oxygen atoms in total. The van der Waals surface area contributed by atoms with Gasteiger partial charge in [-0.25, -0.2) is 4.79 Å². The summed E-state index contributed by atoms with van der Waals surface area (Å²) >= 11 is 0. The first kappa shape index (κ1) is 14.3. The van der Waals surface area contributed by atoms with E-state index in [9.17, 15) is 4.79 Å². The summed E-state index contributed by atoms with van der Waals surface area (Å²) < 4.78 is 5.11. The van der Waals surface area contributed by atoms with E-state index in [2.05, 4.69) is 33.8 Å². The molecule has 1 aliphatic heterocycles. The molecule has 1 rings (SSSR count). The highest BCUT2D eigenvalue weighted by Crippen LogP contribution is 2.26. The number of rotatable bonds is 4. The molecule has 0 aromatic carbocycles. The Morgan fingerprint density at radius 1 is 1.47 bits per heavy atom. The van der Waals surface area contributed by atoms with Crippen molar-refractivity contribution in [1.82, 2.24) is 0 Å². The second kappa shape index (κ2) is 5.70. The van der Waals surface area contributed by atoms with Crippen LogP contribution in [0.4, 0.5) is 0 Å². The lowest BCUT2D eigenvalue weighted by Gasteiger charge is -2.20. The zero-order chi connectivity index (χ0) is 13.1.